The van der Waals surface area contributed by atoms with Crippen molar-refractivity contribution in [1.82, 2.24) is 9.55 Å². The molecule has 0 bridgehead atoms. The van der Waals surface area contributed by atoms with Crippen molar-refractivity contribution in [2.45, 2.75) is 56.8 Å². The molecule has 0 aliphatic carbocycles. The number of benzene rings is 5. The minimum atomic E-state index is -1.94. The van der Waals surface area contributed by atoms with E-state index in [1.54, 1.807) is 24.3 Å². The third kappa shape index (κ3) is 5.25. The zero-order valence-corrected chi connectivity index (χ0v) is 30.0. The second-order valence-electron chi connectivity index (χ2n) is 14.1. The minimum absolute atomic E-state index is 0.212. The normalized spacial score (nSPS) is 12.2. The van der Waals surface area contributed by atoms with Crippen LogP contribution in [0.15, 0.2) is 95.4 Å². The first-order valence-corrected chi connectivity index (χ1v) is 23.6. The Balaban J connectivity index is 1.54. The third-order valence-electron chi connectivity index (χ3n) is 9.22. The molecule has 0 fully saturated rings. The third-order valence-corrected chi connectivity index (χ3v) is 13.6. The van der Waals surface area contributed by atoms with Crippen LogP contribution < -0.4 is 4.40 Å². The molecule has 0 radical (unpaired) electrons. The predicted molar refractivity (Wildman–Crippen MR) is 195 cm³/mol. The number of aromatic nitrogens is 2. The fourth-order valence-electron chi connectivity index (χ4n) is 6.67. The number of nitrogens with zero attached hydrogens (tertiary/aromatic N) is 3. The van der Waals surface area contributed by atoms with Crippen molar-refractivity contribution >= 4 is 50.6 Å². The maximum atomic E-state index is 15.5. The fraction of sp³-hybridized carbons (Fsp3) is 0.220. The van der Waals surface area contributed by atoms with Crippen LogP contribution in [0.25, 0.3) is 61.2 Å². The molecular weight excluding hydrogens is 642 g/mol. The van der Waals surface area contributed by atoms with Crippen molar-refractivity contribution in [2.75, 3.05) is 0 Å². The molecule has 0 saturated carbocycles. The summed E-state index contributed by atoms with van der Waals surface area (Å²) in [6.45, 7) is 8.96. The van der Waals surface area contributed by atoms with Crippen LogP contribution in [0.1, 0.15) is 56.2 Å². The molecule has 0 aliphatic heterocycles. The van der Waals surface area contributed by atoms with E-state index in [1.807, 2.05) is 18.2 Å². The molecule has 0 aliphatic rings. The monoisotopic (exact) mass is 681 g/mol. The van der Waals surface area contributed by atoms with Crippen LogP contribution in [-0.4, -0.2) is 22.8 Å². The summed E-state index contributed by atoms with van der Waals surface area (Å²) in [6, 6.07) is 32.6. The van der Waals surface area contributed by atoms with Gasteiger partial charge in [0.2, 0.25) is 0 Å². The quantitative estimate of drug-likeness (QED) is 0.164. The van der Waals surface area contributed by atoms with Gasteiger partial charge < -0.3 is 4.42 Å². The summed E-state index contributed by atoms with van der Waals surface area (Å²) in [5, 5.41) is 10.5. The van der Waals surface area contributed by atoms with Crippen molar-refractivity contribution in [3.8, 4) is 34.3 Å². The molecule has 7 aromatic rings. The van der Waals surface area contributed by atoms with Crippen molar-refractivity contribution in [3.05, 3.63) is 114 Å². The van der Waals surface area contributed by atoms with Gasteiger partial charge in [-0.3, -0.25) is 0 Å². The van der Waals surface area contributed by atoms with Crippen LogP contribution in [0, 0.1) is 17.1 Å². The number of halogens is 1. The molecule has 47 heavy (non-hydrogen) atoms. The standard InChI is InChI=1S/C41H38FGeN3O/c1-24(2)32-21-28(27-13-15-29(16-14-27)43(5,6)7)22-33(25(3)4)39(32)46-36-11-9-8-10-35(36)45-41(46)31-18-19-34(42)38-30-17-12-26(23-44)20-37(30)47-40(31)38/h8-22,24-25H,1-7H3. The molecule has 234 valence electrons. The van der Waals surface area contributed by atoms with E-state index in [9.17, 15) is 5.26 Å². The number of hydrogen-bond donors (Lipinski definition) is 0. The molecule has 2 aromatic heterocycles. The Morgan fingerprint density at radius 2 is 1.49 bits per heavy atom. The van der Waals surface area contributed by atoms with Gasteiger partial charge in [-0.2, -0.15) is 5.26 Å². The summed E-state index contributed by atoms with van der Waals surface area (Å²) in [5.41, 5.74) is 9.83. The second kappa shape index (κ2) is 11.5. The van der Waals surface area contributed by atoms with Crippen LogP contribution in [-0.2, 0) is 0 Å². The Labute approximate surface area is 277 Å². The Bertz CT molecular complexity index is 2340. The first-order chi connectivity index (χ1) is 22.5. The van der Waals surface area contributed by atoms with Crippen LogP contribution in [0.4, 0.5) is 4.39 Å². The molecule has 0 N–H and O–H groups in total. The van der Waals surface area contributed by atoms with Gasteiger partial charge in [-0.05, 0) is 24.3 Å². The van der Waals surface area contributed by atoms with E-state index >= 15 is 4.39 Å². The second-order valence-corrected chi connectivity index (χ2v) is 24.8. The SMILES string of the molecule is CC(C)c1cc(-c2cc[c]([Ge]([CH3])([CH3])[CH3])cc2)cc(C(C)C)c1-n1c(-c2ccc(F)c3c2oc2cc(C#N)ccc23)nc2ccccc21. The van der Waals surface area contributed by atoms with Gasteiger partial charge in [0.1, 0.15) is 11.4 Å². The van der Waals surface area contributed by atoms with Gasteiger partial charge in [0.15, 0.2) is 0 Å². The zero-order chi connectivity index (χ0) is 33.2. The molecule has 4 nitrogen and oxygen atoms in total. The van der Waals surface area contributed by atoms with Crippen molar-refractivity contribution in [1.29, 1.82) is 5.26 Å². The fourth-order valence-corrected chi connectivity index (χ4v) is 9.11. The number of nitriles is 1. The summed E-state index contributed by atoms with van der Waals surface area (Å²) in [6.07, 6.45) is 0. The molecular formula is C41H38FGeN3O. The summed E-state index contributed by atoms with van der Waals surface area (Å²) in [4.78, 5) is 5.19. The average molecular weight is 680 g/mol. The van der Waals surface area contributed by atoms with E-state index in [0.29, 0.717) is 38.9 Å². The summed E-state index contributed by atoms with van der Waals surface area (Å²) in [7, 11) is 0. The molecule has 5 aromatic carbocycles. The van der Waals surface area contributed by atoms with Gasteiger partial charge in [-0.25, -0.2) is 4.39 Å². The first-order valence-electron chi connectivity index (χ1n) is 16.3. The van der Waals surface area contributed by atoms with E-state index in [-0.39, 0.29) is 17.7 Å². The Morgan fingerprint density at radius 1 is 0.809 bits per heavy atom. The number of hydrogen-bond acceptors (Lipinski definition) is 3. The molecule has 0 saturated heterocycles. The van der Waals surface area contributed by atoms with Gasteiger partial charge >= 0.3 is 201 Å². The number of para-hydroxylation sites is 2. The van der Waals surface area contributed by atoms with Crippen molar-refractivity contribution < 1.29 is 8.81 Å². The zero-order valence-electron chi connectivity index (χ0n) is 27.9. The molecule has 0 amide bonds. The number of rotatable bonds is 6. The molecule has 0 atom stereocenters. The van der Waals surface area contributed by atoms with Crippen LogP contribution in [0.3, 0.4) is 0 Å². The van der Waals surface area contributed by atoms with Crippen LogP contribution in [0.2, 0.25) is 17.3 Å². The number of fused-ring (bicyclic) bond motifs is 4. The first kappa shape index (κ1) is 31.0. The Hall–Kier alpha value is -4.67. The summed E-state index contributed by atoms with van der Waals surface area (Å²) in [5.74, 6) is 8.02. The van der Waals surface area contributed by atoms with Crippen LogP contribution >= 0.6 is 0 Å². The van der Waals surface area contributed by atoms with Crippen molar-refractivity contribution in [3.63, 3.8) is 0 Å². The summed E-state index contributed by atoms with van der Waals surface area (Å²) < 4.78 is 25.7. The van der Waals surface area contributed by atoms with E-state index < -0.39 is 13.3 Å². The van der Waals surface area contributed by atoms with Crippen molar-refractivity contribution in [2.24, 2.45) is 0 Å². The Morgan fingerprint density at radius 3 is 2.13 bits per heavy atom. The number of furan rings is 1. The molecule has 0 unspecified atom stereocenters. The topological polar surface area (TPSA) is 54.8 Å². The summed E-state index contributed by atoms with van der Waals surface area (Å²) >= 11 is -1.94. The molecule has 2 heterocycles. The predicted octanol–water partition coefficient (Wildman–Crippen LogP) is 11.1. The molecule has 6 heteroatoms. The maximum absolute atomic E-state index is 15.5. The number of imidazole rings is 1. The van der Waals surface area contributed by atoms with E-state index in [0.717, 1.165) is 16.7 Å². The average Bonchev–Trinajstić information content (AvgIpc) is 3.63. The van der Waals surface area contributed by atoms with Gasteiger partial charge in [-0.1, -0.05) is 6.07 Å². The van der Waals surface area contributed by atoms with E-state index in [4.69, 9.17) is 9.40 Å². The van der Waals surface area contributed by atoms with Gasteiger partial charge in [0.25, 0.3) is 0 Å². The van der Waals surface area contributed by atoms with E-state index in [2.05, 4.69) is 98.1 Å². The van der Waals surface area contributed by atoms with Gasteiger partial charge in [0, 0.05) is 5.39 Å². The van der Waals surface area contributed by atoms with E-state index in [1.165, 1.54) is 32.7 Å². The Kier molecular flexibility index (Phi) is 7.60. The molecule has 0 spiro atoms. The van der Waals surface area contributed by atoms with Crippen LogP contribution in [0.5, 0.6) is 0 Å². The van der Waals surface area contributed by atoms with Gasteiger partial charge in [0.05, 0.1) is 17.0 Å². The van der Waals surface area contributed by atoms with Gasteiger partial charge in [-0.15, -0.1) is 0 Å². The molecule has 7 rings (SSSR count).